The fourth-order valence-electron chi connectivity index (χ4n) is 4.19. The molecule has 3 aromatic rings. The van der Waals surface area contributed by atoms with Crippen LogP contribution in [-0.2, 0) is 26.3 Å². The third-order valence-electron chi connectivity index (χ3n) is 5.98. The van der Waals surface area contributed by atoms with Gasteiger partial charge >= 0.3 is 5.97 Å². The fourth-order valence-corrected chi connectivity index (χ4v) is 7.32. The molecule has 17 heteroatoms. The smallest absolute Gasteiger partial charge is 0.352 e. The first kappa shape index (κ1) is 27.6. The number of nitrogens with zero attached hydrogens (tertiary/aromatic N) is 6. The van der Waals surface area contributed by atoms with Gasteiger partial charge in [0.1, 0.15) is 34.8 Å². The molecule has 0 saturated carbocycles. The van der Waals surface area contributed by atoms with Crippen LogP contribution in [0, 0.1) is 0 Å². The molecule has 5 heterocycles. The van der Waals surface area contributed by atoms with E-state index in [9.17, 15) is 19.5 Å². The van der Waals surface area contributed by atoms with Crippen molar-refractivity contribution in [3.05, 3.63) is 40.9 Å². The van der Waals surface area contributed by atoms with Gasteiger partial charge in [-0.15, -0.1) is 23.1 Å². The summed E-state index contributed by atoms with van der Waals surface area (Å²) in [4.78, 5) is 57.5. The number of anilines is 2. The molecule has 0 aliphatic carbocycles. The zero-order valence-corrected chi connectivity index (χ0v) is 23.7. The van der Waals surface area contributed by atoms with Gasteiger partial charge in [0.15, 0.2) is 15.9 Å². The Hall–Kier alpha value is -3.96. The molecule has 2 atom stereocenters. The Morgan fingerprint density at radius 3 is 2.88 bits per heavy atom. The lowest BCUT2D eigenvalue weighted by molar-refractivity contribution is -0.709. The highest BCUT2D eigenvalue weighted by atomic mass is 32.2. The van der Waals surface area contributed by atoms with Gasteiger partial charge in [0.25, 0.3) is 23.8 Å². The SMILES string of the molecule is CCO/N=C(\C(=O)NC1C(=O)N2C(C(=O)O)=C(CSc3c4cc(N)cnc4nc[n+]3C)CS[C@@H]12)c1csc(N)n1. The molecule has 208 valence electrons. The van der Waals surface area contributed by atoms with Gasteiger partial charge in [0.2, 0.25) is 0 Å². The number of thioether (sulfide) groups is 2. The van der Waals surface area contributed by atoms with Crippen LogP contribution in [-0.4, -0.2) is 78.0 Å². The molecule has 2 amide bonds. The summed E-state index contributed by atoms with van der Waals surface area (Å²) in [6, 6.07) is 0.824. The number of oxime groups is 1. The Kier molecular flexibility index (Phi) is 7.77. The van der Waals surface area contributed by atoms with Gasteiger partial charge in [-0.05, 0) is 23.5 Å². The number of hydrogen-bond donors (Lipinski definition) is 4. The first-order chi connectivity index (χ1) is 19.2. The summed E-state index contributed by atoms with van der Waals surface area (Å²) in [5.41, 5.74) is 13.2. The monoisotopic (exact) mass is 602 g/mol. The van der Waals surface area contributed by atoms with Crippen LogP contribution in [0.25, 0.3) is 11.0 Å². The lowest BCUT2D eigenvalue weighted by atomic mass is 10.0. The molecule has 6 N–H and O–H groups in total. The van der Waals surface area contributed by atoms with E-state index in [0.717, 1.165) is 21.7 Å². The predicted octanol–water partition coefficient (Wildman–Crippen LogP) is 0.347. The van der Waals surface area contributed by atoms with Crippen LogP contribution < -0.4 is 21.4 Å². The molecule has 0 radical (unpaired) electrons. The minimum atomic E-state index is -1.22. The van der Waals surface area contributed by atoms with Gasteiger partial charge in [-0.25, -0.2) is 19.3 Å². The summed E-state index contributed by atoms with van der Waals surface area (Å²) in [6.07, 6.45) is 3.15. The first-order valence-corrected chi connectivity index (χ1v) is 14.8. The molecule has 0 spiro atoms. The molecule has 2 aliphatic heterocycles. The van der Waals surface area contributed by atoms with Crippen molar-refractivity contribution in [3.63, 3.8) is 0 Å². The topological polar surface area (TPSA) is 203 Å². The average molecular weight is 603 g/mol. The highest BCUT2D eigenvalue weighted by Crippen LogP contribution is 2.41. The number of aryl methyl sites for hydroxylation is 1. The van der Waals surface area contributed by atoms with Gasteiger partial charge < -0.3 is 26.7 Å². The Labute approximate surface area is 239 Å². The summed E-state index contributed by atoms with van der Waals surface area (Å²) in [6.45, 7) is 1.93. The first-order valence-electron chi connectivity index (χ1n) is 11.8. The number of hydrogen-bond acceptors (Lipinski definition) is 13. The van der Waals surface area contributed by atoms with Crippen molar-refractivity contribution < 1.29 is 28.9 Å². The van der Waals surface area contributed by atoms with E-state index in [4.69, 9.17) is 16.3 Å². The predicted molar refractivity (Wildman–Crippen MR) is 150 cm³/mol. The van der Waals surface area contributed by atoms with E-state index in [-0.39, 0.29) is 28.8 Å². The molecule has 40 heavy (non-hydrogen) atoms. The number of carbonyl (C=O) groups excluding carboxylic acids is 2. The van der Waals surface area contributed by atoms with Crippen molar-refractivity contribution >= 4 is 80.2 Å². The number of β-lactam (4-membered cyclic amide) rings is 1. The number of carboxylic acids is 1. The highest BCUT2D eigenvalue weighted by molar-refractivity contribution is 8.01. The average Bonchev–Trinajstić information content (AvgIpc) is 3.36. The lowest BCUT2D eigenvalue weighted by Gasteiger charge is -2.49. The van der Waals surface area contributed by atoms with Crippen molar-refractivity contribution in [3.8, 4) is 0 Å². The van der Waals surface area contributed by atoms with Crippen LogP contribution in [0.15, 0.2) is 45.4 Å². The van der Waals surface area contributed by atoms with Crippen molar-refractivity contribution in [1.82, 2.24) is 25.2 Å². The molecule has 14 nitrogen and oxygen atoms in total. The number of aromatic nitrogens is 4. The number of pyridine rings is 1. The van der Waals surface area contributed by atoms with Gasteiger partial charge in [-0.2, -0.15) is 0 Å². The number of nitrogens with two attached hydrogens (primary N) is 2. The number of carbonyl (C=O) groups is 3. The minimum Gasteiger partial charge on any atom is -0.477 e. The molecular formula is C23H24N9O5S3+. The van der Waals surface area contributed by atoms with Gasteiger partial charge in [0.05, 0.1) is 18.9 Å². The van der Waals surface area contributed by atoms with Crippen molar-refractivity contribution in [2.45, 2.75) is 23.4 Å². The zero-order chi connectivity index (χ0) is 28.6. The minimum absolute atomic E-state index is 0.0825. The summed E-state index contributed by atoms with van der Waals surface area (Å²) >= 11 is 3.91. The third-order valence-corrected chi connectivity index (χ3v) is 9.26. The Balaban J connectivity index is 1.35. The van der Waals surface area contributed by atoms with Crippen molar-refractivity contribution in [1.29, 1.82) is 0 Å². The van der Waals surface area contributed by atoms with Crippen LogP contribution >= 0.6 is 34.9 Å². The quantitative estimate of drug-likeness (QED) is 0.0654. The normalized spacial score (nSPS) is 18.9. The molecule has 2 aliphatic rings. The maximum atomic E-state index is 13.2. The standard InChI is InChI=1S/C23H23N9O5S3/c1-3-37-30-14(13-8-40-23(25)28-13)18(33)29-15-19(34)32-16(22(35)36)10(7-39-21(15)32)6-38-20-12-4-11(24)5-26-17(12)27-9-31(20)2/h4-5,8-9,15,21H,3,6-7,24H2,1-2H3,(H3-,25,28,29,33,35,36)/p+1/b30-14-/t15?,21-/m0/s1. The van der Waals surface area contributed by atoms with Crippen LogP contribution in [0.3, 0.4) is 0 Å². The number of nitrogen functional groups attached to an aromatic ring is 2. The lowest BCUT2D eigenvalue weighted by Crippen LogP contribution is -2.71. The Morgan fingerprint density at radius 2 is 2.17 bits per heavy atom. The van der Waals surface area contributed by atoms with Crippen LogP contribution in [0.1, 0.15) is 12.6 Å². The second-order valence-electron chi connectivity index (χ2n) is 8.64. The Bertz CT molecular complexity index is 1590. The largest absolute Gasteiger partial charge is 0.477 e. The van der Waals surface area contributed by atoms with E-state index in [0.29, 0.717) is 28.4 Å². The second kappa shape index (κ2) is 11.3. The number of nitrogens with one attached hydrogen (secondary N) is 1. The summed E-state index contributed by atoms with van der Waals surface area (Å²) < 4.78 is 1.81. The van der Waals surface area contributed by atoms with Gasteiger partial charge in [-0.1, -0.05) is 16.9 Å². The molecule has 1 unspecified atom stereocenters. The Morgan fingerprint density at radius 1 is 1.38 bits per heavy atom. The maximum Gasteiger partial charge on any atom is 0.352 e. The van der Waals surface area contributed by atoms with E-state index >= 15 is 0 Å². The van der Waals surface area contributed by atoms with Crippen LogP contribution in [0.5, 0.6) is 0 Å². The second-order valence-corrected chi connectivity index (χ2v) is 11.6. The van der Waals surface area contributed by atoms with E-state index in [1.54, 1.807) is 24.7 Å². The zero-order valence-electron chi connectivity index (χ0n) is 21.2. The number of amides is 2. The highest BCUT2D eigenvalue weighted by Gasteiger charge is 2.54. The summed E-state index contributed by atoms with van der Waals surface area (Å²) in [7, 11) is 1.82. The summed E-state index contributed by atoms with van der Waals surface area (Å²) in [5.74, 6) is -1.77. The molecule has 0 bridgehead atoms. The van der Waals surface area contributed by atoms with E-state index in [1.165, 1.54) is 34.6 Å². The number of thiazole rings is 1. The van der Waals surface area contributed by atoms with E-state index in [1.807, 2.05) is 11.6 Å². The molecule has 1 fully saturated rings. The van der Waals surface area contributed by atoms with Crippen molar-refractivity contribution in [2.75, 3.05) is 29.6 Å². The number of carboxylic acid groups (broad SMARTS) is 1. The molecule has 1 saturated heterocycles. The number of fused-ring (bicyclic) bond motifs is 2. The fraction of sp³-hybridized carbons (Fsp3) is 0.304. The molecular weight excluding hydrogens is 579 g/mol. The summed E-state index contributed by atoms with van der Waals surface area (Å²) in [5, 5.41) is 19.3. The number of aliphatic carboxylic acids is 1. The molecule has 3 aromatic heterocycles. The van der Waals surface area contributed by atoms with Crippen molar-refractivity contribution in [2.24, 2.45) is 12.2 Å². The molecule has 5 rings (SSSR count). The van der Waals surface area contributed by atoms with E-state index < -0.39 is 29.2 Å². The number of rotatable bonds is 9. The van der Waals surface area contributed by atoms with Gasteiger partial charge in [-0.3, -0.25) is 14.5 Å². The van der Waals surface area contributed by atoms with E-state index in [2.05, 4.69) is 25.4 Å². The van der Waals surface area contributed by atoms with Crippen LogP contribution in [0.2, 0.25) is 0 Å². The van der Waals surface area contributed by atoms with Crippen LogP contribution in [0.4, 0.5) is 10.8 Å². The molecule has 0 aromatic carbocycles. The third kappa shape index (κ3) is 5.14. The van der Waals surface area contributed by atoms with Gasteiger partial charge in [0, 0.05) is 16.9 Å². The maximum absolute atomic E-state index is 13.2.